The molecule has 1 aliphatic heterocycles. The van der Waals surface area contributed by atoms with Crippen molar-refractivity contribution in [1.82, 2.24) is 15.1 Å². The van der Waals surface area contributed by atoms with E-state index in [1.807, 2.05) is 30.1 Å². The van der Waals surface area contributed by atoms with Crippen LogP contribution in [0.15, 0.2) is 42.6 Å². The molecule has 1 aliphatic rings. The molecule has 0 aliphatic carbocycles. The summed E-state index contributed by atoms with van der Waals surface area (Å²) in [5.74, 6) is 0.370. The Balaban J connectivity index is 1.64. The zero-order chi connectivity index (χ0) is 23.8. The van der Waals surface area contributed by atoms with Crippen molar-refractivity contribution < 1.29 is 17.6 Å². The van der Waals surface area contributed by atoms with Gasteiger partial charge in [0.25, 0.3) is 0 Å². The monoisotopic (exact) mass is 462 g/mol. The van der Waals surface area contributed by atoms with Crippen molar-refractivity contribution in [3.63, 3.8) is 0 Å². The third-order valence-corrected chi connectivity index (χ3v) is 6.28. The van der Waals surface area contributed by atoms with Gasteiger partial charge in [-0.2, -0.15) is 18.3 Å². The molecule has 1 aromatic heterocycles. The van der Waals surface area contributed by atoms with E-state index in [4.69, 9.17) is 5.73 Å². The maximum atomic E-state index is 13.4. The largest absolute Gasteiger partial charge is 0.416 e. The topological polar surface area (TPSA) is 70.3 Å². The summed E-state index contributed by atoms with van der Waals surface area (Å²) in [5.41, 5.74) is 6.84. The fraction of sp³-hybridized carbons (Fsp3) is 0.391. The molecule has 2 atom stereocenters. The summed E-state index contributed by atoms with van der Waals surface area (Å²) in [6, 6.07) is 9.54. The van der Waals surface area contributed by atoms with Crippen LogP contribution in [0.1, 0.15) is 22.9 Å². The van der Waals surface area contributed by atoms with Crippen LogP contribution in [0.5, 0.6) is 0 Å². The van der Waals surface area contributed by atoms with Gasteiger partial charge in [0.15, 0.2) is 5.82 Å². The number of aromatic nitrogens is 2. The molecule has 0 amide bonds. The molecule has 176 valence electrons. The molecule has 0 bridgehead atoms. The van der Waals surface area contributed by atoms with Crippen molar-refractivity contribution in [1.29, 1.82) is 0 Å². The Morgan fingerprint density at radius 1 is 1.21 bits per heavy atom. The molecule has 0 radical (unpaired) electrons. The first kappa shape index (κ1) is 23.2. The summed E-state index contributed by atoms with van der Waals surface area (Å²) in [7, 11) is 1.91. The van der Waals surface area contributed by atoms with Gasteiger partial charge in [-0.1, -0.05) is 18.2 Å². The number of nitrogens with zero attached hydrogens (tertiary/aromatic N) is 4. The lowest BCUT2D eigenvalue weighted by Crippen LogP contribution is -2.52. The van der Waals surface area contributed by atoms with E-state index in [0.29, 0.717) is 17.9 Å². The van der Waals surface area contributed by atoms with Crippen molar-refractivity contribution in [2.24, 2.45) is 5.73 Å². The number of anilines is 2. The molecule has 0 spiro atoms. The number of fused-ring (bicyclic) bond motifs is 1. The number of rotatable bonds is 5. The van der Waals surface area contributed by atoms with Crippen LogP contribution >= 0.6 is 0 Å². The van der Waals surface area contributed by atoms with E-state index < -0.39 is 24.6 Å². The average molecular weight is 462 g/mol. The van der Waals surface area contributed by atoms with E-state index in [0.717, 1.165) is 35.6 Å². The van der Waals surface area contributed by atoms with E-state index in [9.17, 15) is 17.6 Å². The number of hydrogen-bond donors (Lipinski definition) is 2. The number of alkyl halides is 4. The third-order valence-electron chi connectivity index (χ3n) is 6.28. The molecule has 1 fully saturated rings. The molecule has 1 saturated heterocycles. The Hall–Kier alpha value is -2.98. The first-order valence-electron chi connectivity index (χ1n) is 10.6. The number of hydrogen-bond acceptors (Lipinski definition) is 6. The Morgan fingerprint density at radius 2 is 2.00 bits per heavy atom. The molecule has 0 saturated carbocycles. The highest BCUT2D eigenvalue weighted by molar-refractivity contribution is 5.93. The molecule has 4 rings (SSSR count). The lowest BCUT2D eigenvalue weighted by molar-refractivity contribution is -0.138. The van der Waals surface area contributed by atoms with Gasteiger partial charge in [-0.3, -0.25) is 4.90 Å². The van der Waals surface area contributed by atoms with Crippen LogP contribution in [0.25, 0.3) is 10.8 Å². The SMILES string of the molecule is Cc1c([C@@H](N)Nc2nncc3ccc(N4CCN(C)C(CF)C4)cc23)cccc1C(F)(F)F. The number of likely N-dealkylation sites (N-methyl/N-ethyl adjacent to an activating group) is 1. The summed E-state index contributed by atoms with van der Waals surface area (Å²) in [6.07, 6.45) is -3.77. The van der Waals surface area contributed by atoms with Crippen LogP contribution in [0, 0.1) is 6.92 Å². The van der Waals surface area contributed by atoms with Crippen molar-refractivity contribution in [3.8, 4) is 0 Å². The van der Waals surface area contributed by atoms with Gasteiger partial charge in [0.05, 0.1) is 17.8 Å². The zero-order valence-electron chi connectivity index (χ0n) is 18.4. The van der Waals surface area contributed by atoms with Crippen molar-refractivity contribution in [3.05, 3.63) is 59.3 Å². The van der Waals surface area contributed by atoms with Crippen LogP contribution in [-0.4, -0.2) is 54.5 Å². The van der Waals surface area contributed by atoms with Crippen LogP contribution < -0.4 is 16.0 Å². The fourth-order valence-corrected chi connectivity index (χ4v) is 4.24. The standard InChI is InChI=1S/C23H26F4N6/c1-14-18(4-3-5-20(14)23(25,26)27)21(28)30-22-19-10-16(7-6-15(19)12-29-31-22)33-9-8-32(2)17(11-24)13-33/h3-7,10,12,17,21H,8-9,11,13,28H2,1-2H3,(H,30,31)/t17?,21-/m0/s1. The lowest BCUT2D eigenvalue weighted by Gasteiger charge is -2.39. The molecule has 6 nitrogen and oxygen atoms in total. The first-order chi connectivity index (χ1) is 15.7. The minimum absolute atomic E-state index is 0.0635. The summed E-state index contributed by atoms with van der Waals surface area (Å²) in [5, 5.41) is 12.7. The molecular weight excluding hydrogens is 436 g/mol. The smallest absolute Gasteiger partial charge is 0.369 e. The Bertz CT molecular complexity index is 1140. The Kier molecular flexibility index (Phi) is 6.40. The Labute approximate surface area is 189 Å². The Morgan fingerprint density at radius 3 is 2.73 bits per heavy atom. The van der Waals surface area contributed by atoms with Crippen LogP contribution in [-0.2, 0) is 6.18 Å². The van der Waals surface area contributed by atoms with E-state index in [2.05, 4.69) is 20.4 Å². The molecule has 2 heterocycles. The van der Waals surface area contributed by atoms with Crippen LogP contribution in [0.2, 0.25) is 0 Å². The van der Waals surface area contributed by atoms with Crippen molar-refractivity contribution in [2.45, 2.75) is 25.3 Å². The zero-order valence-corrected chi connectivity index (χ0v) is 18.4. The van der Waals surface area contributed by atoms with Gasteiger partial charge in [0.2, 0.25) is 0 Å². The fourth-order valence-electron chi connectivity index (χ4n) is 4.24. The second-order valence-electron chi connectivity index (χ2n) is 8.34. The number of benzene rings is 2. The minimum atomic E-state index is -4.46. The van der Waals surface area contributed by atoms with Gasteiger partial charge in [0, 0.05) is 36.1 Å². The van der Waals surface area contributed by atoms with Crippen molar-refractivity contribution >= 4 is 22.3 Å². The normalized spacial score (nSPS) is 18.5. The predicted octanol–water partition coefficient (Wildman–Crippen LogP) is 4.12. The third kappa shape index (κ3) is 4.72. The molecule has 1 unspecified atom stereocenters. The van der Waals surface area contributed by atoms with Gasteiger partial charge < -0.3 is 16.0 Å². The second-order valence-corrected chi connectivity index (χ2v) is 8.34. The number of halogens is 4. The molecular formula is C23H26F4N6. The van der Waals surface area contributed by atoms with E-state index in [1.54, 1.807) is 12.3 Å². The number of piperazine rings is 1. The predicted molar refractivity (Wildman–Crippen MR) is 121 cm³/mol. The number of nitrogens with two attached hydrogens (primary N) is 1. The number of nitrogens with one attached hydrogen (secondary N) is 1. The highest BCUT2D eigenvalue weighted by Crippen LogP contribution is 2.35. The second kappa shape index (κ2) is 9.11. The van der Waals surface area contributed by atoms with Gasteiger partial charge in [-0.15, -0.1) is 5.10 Å². The molecule has 10 heteroatoms. The van der Waals surface area contributed by atoms with Crippen LogP contribution in [0.4, 0.5) is 29.1 Å². The van der Waals surface area contributed by atoms with E-state index in [1.165, 1.54) is 13.0 Å². The lowest BCUT2D eigenvalue weighted by atomic mass is 10.00. The van der Waals surface area contributed by atoms with Gasteiger partial charge >= 0.3 is 6.18 Å². The average Bonchev–Trinajstić information content (AvgIpc) is 2.78. The van der Waals surface area contributed by atoms with E-state index in [-0.39, 0.29) is 11.6 Å². The summed E-state index contributed by atoms with van der Waals surface area (Å²) < 4.78 is 53.3. The minimum Gasteiger partial charge on any atom is -0.369 e. The summed E-state index contributed by atoms with van der Waals surface area (Å²) >= 11 is 0. The maximum absolute atomic E-state index is 13.4. The molecule has 3 N–H and O–H groups in total. The highest BCUT2D eigenvalue weighted by Gasteiger charge is 2.33. The summed E-state index contributed by atoms with van der Waals surface area (Å²) in [6.45, 7) is 3.03. The van der Waals surface area contributed by atoms with E-state index >= 15 is 0 Å². The maximum Gasteiger partial charge on any atom is 0.416 e. The first-order valence-corrected chi connectivity index (χ1v) is 10.6. The molecule has 3 aromatic rings. The highest BCUT2D eigenvalue weighted by atomic mass is 19.4. The van der Waals surface area contributed by atoms with Crippen molar-refractivity contribution in [2.75, 3.05) is 43.6 Å². The van der Waals surface area contributed by atoms with Gasteiger partial charge in [-0.05, 0) is 43.3 Å². The van der Waals surface area contributed by atoms with Gasteiger partial charge in [0.1, 0.15) is 12.8 Å². The quantitative estimate of drug-likeness (QED) is 0.439. The molecule has 33 heavy (non-hydrogen) atoms. The van der Waals surface area contributed by atoms with Gasteiger partial charge in [-0.25, -0.2) is 4.39 Å². The summed E-state index contributed by atoms with van der Waals surface area (Å²) in [4.78, 5) is 4.12. The van der Waals surface area contributed by atoms with Crippen LogP contribution in [0.3, 0.4) is 0 Å². The molecule has 2 aromatic carbocycles.